The fourth-order valence-corrected chi connectivity index (χ4v) is 2.33. The largest absolute Gasteiger partial charge is 0.481 e. The highest BCUT2D eigenvalue weighted by atomic mass is 16.5. The molecule has 0 unspecified atom stereocenters. The lowest BCUT2D eigenvalue weighted by atomic mass is 10.2. The van der Waals surface area contributed by atoms with Gasteiger partial charge in [-0.2, -0.15) is 0 Å². The maximum Gasteiger partial charge on any atom is 0.253 e. The molecular weight excluding hydrogens is 270 g/mol. The molecule has 1 aromatic rings. The Bertz CT molecular complexity index is 461. The van der Waals surface area contributed by atoms with E-state index in [2.05, 4.69) is 9.88 Å². The molecule has 0 N–H and O–H groups in total. The van der Waals surface area contributed by atoms with Crippen molar-refractivity contribution >= 4 is 5.91 Å². The summed E-state index contributed by atoms with van der Waals surface area (Å²) in [4.78, 5) is 20.4. The molecule has 2 rings (SSSR count). The summed E-state index contributed by atoms with van der Waals surface area (Å²) < 4.78 is 10.4. The molecule has 1 amide bonds. The SMILES string of the molecule is COc1cc(C(=O)N(C)CCCN2CCOCC2)ccn1. The van der Waals surface area contributed by atoms with E-state index < -0.39 is 0 Å². The maximum atomic E-state index is 12.3. The first-order chi connectivity index (χ1) is 10.2. The minimum Gasteiger partial charge on any atom is -0.481 e. The molecule has 1 aliphatic rings. The second-order valence-electron chi connectivity index (χ2n) is 5.12. The molecule has 0 atom stereocenters. The van der Waals surface area contributed by atoms with Gasteiger partial charge in [-0.1, -0.05) is 0 Å². The number of nitrogens with zero attached hydrogens (tertiary/aromatic N) is 3. The molecule has 0 radical (unpaired) electrons. The number of aromatic nitrogens is 1. The van der Waals surface area contributed by atoms with Crippen LogP contribution < -0.4 is 4.74 Å². The average Bonchev–Trinajstić information content (AvgIpc) is 2.55. The van der Waals surface area contributed by atoms with Gasteiger partial charge in [0.25, 0.3) is 5.91 Å². The Kier molecular flexibility index (Phi) is 5.95. The summed E-state index contributed by atoms with van der Waals surface area (Å²) in [5.74, 6) is 0.459. The normalized spacial score (nSPS) is 15.7. The Morgan fingerprint density at radius 2 is 2.24 bits per heavy atom. The van der Waals surface area contributed by atoms with Crippen molar-refractivity contribution in [2.45, 2.75) is 6.42 Å². The number of carbonyl (C=O) groups is 1. The topological polar surface area (TPSA) is 54.9 Å². The molecule has 1 aromatic heterocycles. The molecule has 0 saturated carbocycles. The van der Waals surface area contributed by atoms with Crippen molar-refractivity contribution in [2.24, 2.45) is 0 Å². The smallest absolute Gasteiger partial charge is 0.253 e. The van der Waals surface area contributed by atoms with Crippen molar-refractivity contribution in [3.8, 4) is 5.88 Å². The number of pyridine rings is 1. The average molecular weight is 293 g/mol. The fourth-order valence-electron chi connectivity index (χ4n) is 2.33. The summed E-state index contributed by atoms with van der Waals surface area (Å²) >= 11 is 0. The molecule has 21 heavy (non-hydrogen) atoms. The second kappa shape index (κ2) is 7.95. The number of ether oxygens (including phenoxy) is 2. The van der Waals surface area contributed by atoms with Crippen molar-refractivity contribution in [1.29, 1.82) is 0 Å². The van der Waals surface area contributed by atoms with E-state index in [1.807, 2.05) is 7.05 Å². The number of hydrogen-bond acceptors (Lipinski definition) is 5. The van der Waals surface area contributed by atoms with Gasteiger partial charge in [0.2, 0.25) is 5.88 Å². The Labute approximate surface area is 125 Å². The number of carbonyl (C=O) groups excluding carboxylic acids is 1. The minimum absolute atomic E-state index is 0.00215. The van der Waals surface area contributed by atoms with Crippen LogP contribution in [0.4, 0.5) is 0 Å². The maximum absolute atomic E-state index is 12.3. The molecule has 1 aliphatic heterocycles. The molecule has 0 spiro atoms. The number of morpholine rings is 1. The third-order valence-corrected chi connectivity index (χ3v) is 3.61. The van der Waals surface area contributed by atoms with Crippen molar-refractivity contribution in [3.63, 3.8) is 0 Å². The zero-order chi connectivity index (χ0) is 15.1. The second-order valence-corrected chi connectivity index (χ2v) is 5.12. The van der Waals surface area contributed by atoms with Crippen molar-refractivity contribution < 1.29 is 14.3 Å². The van der Waals surface area contributed by atoms with Crippen molar-refractivity contribution in [1.82, 2.24) is 14.8 Å². The van der Waals surface area contributed by atoms with E-state index in [9.17, 15) is 4.79 Å². The molecule has 6 heteroatoms. The van der Waals surface area contributed by atoms with Crippen LogP contribution in [0.1, 0.15) is 16.8 Å². The Morgan fingerprint density at radius 1 is 1.48 bits per heavy atom. The lowest BCUT2D eigenvalue weighted by Gasteiger charge is -2.27. The molecule has 0 aliphatic carbocycles. The number of rotatable bonds is 6. The van der Waals surface area contributed by atoms with E-state index in [0.717, 1.165) is 45.8 Å². The van der Waals surface area contributed by atoms with Crippen LogP contribution >= 0.6 is 0 Å². The van der Waals surface area contributed by atoms with E-state index in [0.29, 0.717) is 11.4 Å². The Morgan fingerprint density at radius 3 is 2.95 bits per heavy atom. The van der Waals surface area contributed by atoms with Crippen LogP contribution in [-0.4, -0.2) is 74.2 Å². The molecule has 0 bridgehead atoms. The van der Waals surface area contributed by atoms with Crippen LogP contribution in [0.2, 0.25) is 0 Å². The van der Waals surface area contributed by atoms with Crippen LogP contribution in [0.15, 0.2) is 18.3 Å². The summed E-state index contributed by atoms with van der Waals surface area (Å²) in [7, 11) is 3.37. The lowest BCUT2D eigenvalue weighted by Crippen LogP contribution is -2.38. The molecular formula is C15H23N3O3. The van der Waals surface area contributed by atoms with Gasteiger partial charge in [-0.05, 0) is 12.5 Å². The van der Waals surface area contributed by atoms with Crippen LogP contribution in [0.25, 0.3) is 0 Å². The zero-order valence-electron chi connectivity index (χ0n) is 12.7. The summed E-state index contributed by atoms with van der Waals surface area (Å²) in [5, 5.41) is 0. The molecule has 6 nitrogen and oxygen atoms in total. The Hall–Kier alpha value is -1.66. The molecule has 2 heterocycles. The standard InChI is InChI=1S/C15H23N3O3/c1-17(6-3-7-18-8-10-21-11-9-18)15(19)13-4-5-16-14(12-13)20-2/h4-5,12H,3,6-11H2,1-2H3. The van der Waals surface area contributed by atoms with Gasteiger partial charge in [-0.25, -0.2) is 4.98 Å². The van der Waals surface area contributed by atoms with Crippen LogP contribution in [0.3, 0.4) is 0 Å². The Balaban J connectivity index is 1.78. The monoisotopic (exact) mass is 293 g/mol. The quantitative estimate of drug-likeness (QED) is 0.779. The highest BCUT2D eigenvalue weighted by Crippen LogP contribution is 2.11. The van der Waals surface area contributed by atoms with Crippen LogP contribution in [0.5, 0.6) is 5.88 Å². The summed E-state index contributed by atoms with van der Waals surface area (Å²) in [6, 6.07) is 3.38. The first-order valence-electron chi connectivity index (χ1n) is 7.26. The first kappa shape index (κ1) is 15.7. The van der Waals surface area contributed by atoms with Gasteiger partial charge in [-0.3, -0.25) is 9.69 Å². The van der Waals surface area contributed by atoms with Gasteiger partial charge in [0.1, 0.15) is 0 Å². The van der Waals surface area contributed by atoms with Gasteiger partial charge < -0.3 is 14.4 Å². The predicted molar refractivity (Wildman–Crippen MR) is 79.6 cm³/mol. The van der Waals surface area contributed by atoms with Gasteiger partial charge >= 0.3 is 0 Å². The van der Waals surface area contributed by atoms with Gasteiger partial charge in [0, 0.05) is 51.1 Å². The fraction of sp³-hybridized carbons (Fsp3) is 0.600. The van der Waals surface area contributed by atoms with Crippen molar-refractivity contribution in [2.75, 3.05) is 53.6 Å². The highest BCUT2D eigenvalue weighted by molar-refractivity contribution is 5.94. The van der Waals surface area contributed by atoms with E-state index in [1.165, 1.54) is 0 Å². The van der Waals surface area contributed by atoms with Crippen molar-refractivity contribution in [3.05, 3.63) is 23.9 Å². The summed E-state index contributed by atoms with van der Waals surface area (Å²) in [6.45, 7) is 5.33. The van der Waals surface area contributed by atoms with E-state index in [1.54, 1.807) is 30.3 Å². The highest BCUT2D eigenvalue weighted by Gasteiger charge is 2.14. The predicted octanol–water partition coefficient (Wildman–Crippen LogP) is 0.884. The first-order valence-corrected chi connectivity index (χ1v) is 7.26. The molecule has 0 aromatic carbocycles. The minimum atomic E-state index is -0.00215. The van der Waals surface area contributed by atoms with Gasteiger partial charge in [0.05, 0.1) is 20.3 Å². The van der Waals surface area contributed by atoms with E-state index >= 15 is 0 Å². The third-order valence-electron chi connectivity index (χ3n) is 3.61. The zero-order valence-corrected chi connectivity index (χ0v) is 12.7. The molecule has 1 saturated heterocycles. The van der Waals surface area contributed by atoms with Crippen LogP contribution in [-0.2, 0) is 4.74 Å². The number of amides is 1. The van der Waals surface area contributed by atoms with E-state index in [4.69, 9.17) is 9.47 Å². The molecule has 116 valence electrons. The summed E-state index contributed by atoms with van der Waals surface area (Å²) in [5.41, 5.74) is 0.607. The van der Waals surface area contributed by atoms with E-state index in [-0.39, 0.29) is 5.91 Å². The third kappa shape index (κ3) is 4.68. The molecule has 1 fully saturated rings. The lowest BCUT2D eigenvalue weighted by molar-refractivity contribution is 0.0361. The van der Waals surface area contributed by atoms with Gasteiger partial charge in [0.15, 0.2) is 0 Å². The number of methoxy groups -OCH3 is 1. The number of hydrogen-bond donors (Lipinski definition) is 0. The van der Waals surface area contributed by atoms with Crippen LogP contribution in [0, 0.1) is 0 Å². The van der Waals surface area contributed by atoms with Gasteiger partial charge in [-0.15, -0.1) is 0 Å². The summed E-state index contributed by atoms with van der Waals surface area (Å²) in [6.07, 6.45) is 2.55.